The monoisotopic (exact) mass is 269 g/mol. The first kappa shape index (κ1) is 13.4. The number of piperazine rings is 1. The van der Waals surface area contributed by atoms with Gasteiger partial charge in [0.1, 0.15) is 5.51 Å². The molecule has 100 valence electrons. The number of anilines is 1. The Morgan fingerprint density at radius 2 is 2.11 bits per heavy atom. The maximum absolute atomic E-state index is 11.8. The second-order valence-corrected chi connectivity index (χ2v) is 5.24. The van der Waals surface area contributed by atoms with E-state index in [4.69, 9.17) is 0 Å². The number of nitrogens with zero attached hydrogens (tertiary/aromatic N) is 4. The second kappa shape index (κ2) is 6.77. The minimum Gasteiger partial charge on any atom is -0.301 e. The molecule has 2 rings (SSSR count). The van der Waals surface area contributed by atoms with Crippen molar-refractivity contribution in [3.63, 3.8) is 0 Å². The van der Waals surface area contributed by atoms with Crippen LogP contribution in [0, 0.1) is 0 Å². The Balaban J connectivity index is 1.69. The van der Waals surface area contributed by atoms with Crippen LogP contribution in [0.5, 0.6) is 0 Å². The van der Waals surface area contributed by atoms with Crippen molar-refractivity contribution in [2.45, 2.75) is 13.3 Å². The van der Waals surface area contributed by atoms with Gasteiger partial charge in [-0.1, -0.05) is 18.3 Å². The first-order valence-electron chi connectivity index (χ1n) is 6.28. The lowest BCUT2D eigenvalue weighted by molar-refractivity contribution is -0.117. The van der Waals surface area contributed by atoms with E-state index in [1.807, 2.05) is 0 Å². The summed E-state index contributed by atoms with van der Waals surface area (Å²) in [7, 11) is 0. The van der Waals surface area contributed by atoms with Crippen LogP contribution < -0.4 is 5.32 Å². The molecule has 0 unspecified atom stereocenters. The molecule has 1 aliphatic rings. The summed E-state index contributed by atoms with van der Waals surface area (Å²) in [6.07, 6.45) is 1.19. The lowest BCUT2D eigenvalue weighted by atomic mass is 10.3. The normalized spacial score (nSPS) is 17.8. The van der Waals surface area contributed by atoms with Crippen molar-refractivity contribution in [2.75, 3.05) is 44.6 Å². The van der Waals surface area contributed by atoms with Crippen molar-refractivity contribution in [2.24, 2.45) is 0 Å². The number of carbonyl (C=O) groups excluding carboxylic acids is 1. The number of rotatable bonds is 5. The lowest BCUT2D eigenvalue weighted by Crippen LogP contribution is -2.48. The van der Waals surface area contributed by atoms with Crippen LogP contribution in [0.2, 0.25) is 0 Å². The molecule has 0 atom stereocenters. The minimum atomic E-state index is -0.00399. The smallest absolute Gasteiger partial charge is 0.240 e. The molecule has 0 bridgehead atoms. The van der Waals surface area contributed by atoms with Crippen LogP contribution in [0.15, 0.2) is 5.51 Å². The van der Waals surface area contributed by atoms with E-state index in [0.29, 0.717) is 11.7 Å². The number of hydrogen-bond acceptors (Lipinski definition) is 6. The van der Waals surface area contributed by atoms with Gasteiger partial charge in [-0.05, 0) is 13.0 Å². The van der Waals surface area contributed by atoms with Gasteiger partial charge < -0.3 is 4.90 Å². The summed E-state index contributed by atoms with van der Waals surface area (Å²) in [6.45, 7) is 7.83. The van der Waals surface area contributed by atoms with Crippen molar-refractivity contribution in [3.8, 4) is 0 Å². The van der Waals surface area contributed by atoms with Gasteiger partial charge in [0.25, 0.3) is 0 Å². The predicted molar refractivity (Wildman–Crippen MR) is 71.7 cm³/mol. The summed E-state index contributed by atoms with van der Waals surface area (Å²) >= 11 is 1.34. The molecule has 7 heteroatoms. The van der Waals surface area contributed by atoms with E-state index < -0.39 is 0 Å². The molecule has 1 aromatic rings. The van der Waals surface area contributed by atoms with E-state index in [1.54, 1.807) is 5.51 Å². The van der Waals surface area contributed by atoms with Gasteiger partial charge in [0.2, 0.25) is 11.0 Å². The Kier molecular flexibility index (Phi) is 5.03. The van der Waals surface area contributed by atoms with Gasteiger partial charge in [0, 0.05) is 26.2 Å². The molecule has 6 nitrogen and oxygen atoms in total. The first-order chi connectivity index (χ1) is 8.78. The number of carbonyl (C=O) groups is 1. The van der Waals surface area contributed by atoms with Crippen LogP contribution in [-0.2, 0) is 4.79 Å². The zero-order valence-electron chi connectivity index (χ0n) is 10.6. The SMILES string of the molecule is CCCN1CCN(CC(=O)Nc2nncs2)CC1. The standard InChI is InChI=1S/C11H19N5OS/c1-2-3-15-4-6-16(7-5-15)8-10(17)13-11-14-12-9-18-11/h9H,2-8H2,1H3,(H,13,14,17). The largest absolute Gasteiger partial charge is 0.301 e. The molecule has 0 spiro atoms. The van der Waals surface area contributed by atoms with Gasteiger partial charge >= 0.3 is 0 Å². The highest BCUT2D eigenvalue weighted by Crippen LogP contribution is 2.08. The average molecular weight is 269 g/mol. The summed E-state index contributed by atoms with van der Waals surface area (Å²) < 4.78 is 0. The molecule has 1 aliphatic heterocycles. The van der Waals surface area contributed by atoms with Crippen LogP contribution >= 0.6 is 11.3 Å². The molecule has 2 heterocycles. The highest BCUT2D eigenvalue weighted by molar-refractivity contribution is 7.13. The molecule has 1 N–H and O–H groups in total. The summed E-state index contributed by atoms with van der Waals surface area (Å²) in [5.74, 6) is -0.00399. The van der Waals surface area contributed by atoms with Crippen LogP contribution in [0.4, 0.5) is 5.13 Å². The van der Waals surface area contributed by atoms with E-state index >= 15 is 0 Å². The molecule has 0 aromatic carbocycles. The highest BCUT2D eigenvalue weighted by Gasteiger charge is 2.18. The summed E-state index contributed by atoms with van der Waals surface area (Å²) in [6, 6.07) is 0. The first-order valence-corrected chi connectivity index (χ1v) is 7.16. The fourth-order valence-corrected chi connectivity index (χ4v) is 2.54. The molecule has 0 saturated carbocycles. The molecular formula is C11H19N5OS. The molecule has 18 heavy (non-hydrogen) atoms. The predicted octanol–water partition coefficient (Wildman–Crippen LogP) is 0.504. The maximum Gasteiger partial charge on any atom is 0.240 e. The van der Waals surface area contributed by atoms with Gasteiger partial charge in [0.15, 0.2) is 0 Å². The van der Waals surface area contributed by atoms with Crippen molar-refractivity contribution in [1.82, 2.24) is 20.0 Å². The molecule has 1 amide bonds. The van der Waals surface area contributed by atoms with Crippen LogP contribution in [-0.4, -0.2) is 65.2 Å². The Morgan fingerprint density at radius 3 is 2.72 bits per heavy atom. The van der Waals surface area contributed by atoms with E-state index in [2.05, 4.69) is 32.2 Å². The quantitative estimate of drug-likeness (QED) is 0.843. The third kappa shape index (κ3) is 4.01. The summed E-state index contributed by atoms with van der Waals surface area (Å²) in [5, 5.41) is 10.8. The maximum atomic E-state index is 11.8. The molecule has 1 saturated heterocycles. The Morgan fingerprint density at radius 1 is 1.39 bits per heavy atom. The molecule has 1 fully saturated rings. The van der Waals surface area contributed by atoms with E-state index in [-0.39, 0.29) is 5.91 Å². The second-order valence-electron chi connectivity index (χ2n) is 4.41. The van der Waals surface area contributed by atoms with Crippen LogP contribution in [0.3, 0.4) is 0 Å². The summed E-state index contributed by atoms with van der Waals surface area (Å²) in [4.78, 5) is 16.4. The van der Waals surface area contributed by atoms with Crippen LogP contribution in [0.1, 0.15) is 13.3 Å². The number of amides is 1. The third-order valence-corrected chi connectivity index (χ3v) is 3.59. The van der Waals surface area contributed by atoms with Crippen molar-refractivity contribution < 1.29 is 4.79 Å². The van der Waals surface area contributed by atoms with Gasteiger partial charge in [-0.2, -0.15) is 0 Å². The summed E-state index contributed by atoms with van der Waals surface area (Å²) in [5.41, 5.74) is 1.61. The van der Waals surface area contributed by atoms with Crippen molar-refractivity contribution in [3.05, 3.63) is 5.51 Å². The third-order valence-electron chi connectivity index (χ3n) is 2.98. The van der Waals surface area contributed by atoms with Gasteiger partial charge in [-0.15, -0.1) is 10.2 Å². The zero-order chi connectivity index (χ0) is 12.8. The van der Waals surface area contributed by atoms with Crippen molar-refractivity contribution in [1.29, 1.82) is 0 Å². The zero-order valence-corrected chi connectivity index (χ0v) is 11.4. The fraction of sp³-hybridized carbons (Fsp3) is 0.727. The van der Waals surface area contributed by atoms with Crippen molar-refractivity contribution >= 4 is 22.4 Å². The number of hydrogen-bond donors (Lipinski definition) is 1. The molecule has 1 aromatic heterocycles. The minimum absolute atomic E-state index is 0.00399. The Bertz CT molecular complexity index is 362. The number of aromatic nitrogens is 2. The Hall–Kier alpha value is -1.05. The molecule has 0 aliphatic carbocycles. The van der Waals surface area contributed by atoms with Gasteiger partial charge in [0.05, 0.1) is 6.54 Å². The highest BCUT2D eigenvalue weighted by atomic mass is 32.1. The van der Waals surface area contributed by atoms with E-state index in [9.17, 15) is 4.79 Å². The molecule has 0 radical (unpaired) electrons. The van der Waals surface area contributed by atoms with Crippen LogP contribution in [0.25, 0.3) is 0 Å². The fourth-order valence-electron chi connectivity index (χ4n) is 2.08. The van der Waals surface area contributed by atoms with E-state index in [1.165, 1.54) is 17.8 Å². The van der Waals surface area contributed by atoms with Gasteiger partial charge in [-0.25, -0.2) is 0 Å². The Labute approximate surface area is 111 Å². The number of nitrogens with one attached hydrogen (secondary N) is 1. The average Bonchev–Trinajstić information content (AvgIpc) is 2.84. The lowest BCUT2D eigenvalue weighted by Gasteiger charge is -2.33. The van der Waals surface area contributed by atoms with E-state index in [0.717, 1.165) is 32.7 Å². The van der Waals surface area contributed by atoms with Gasteiger partial charge in [-0.3, -0.25) is 15.0 Å². The molecular weight excluding hydrogens is 250 g/mol. The topological polar surface area (TPSA) is 61.4 Å².